The molecule has 0 radical (unpaired) electrons. The van der Waals surface area contributed by atoms with E-state index in [-0.39, 0.29) is 23.8 Å². The van der Waals surface area contributed by atoms with Crippen LogP contribution in [0.5, 0.6) is 17.2 Å². The van der Waals surface area contributed by atoms with E-state index in [0.717, 1.165) is 0 Å². The molecule has 10 heteroatoms. The van der Waals surface area contributed by atoms with E-state index < -0.39 is 10.8 Å². The molecule has 3 rings (SSSR count). The minimum absolute atomic E-state index is 0.00527. The summed E-state index contributed by atoms with van der Waals surface area (Å²) < 4.78 is 17.7. The first-order valence-corrected chi connectivity index (χ1v) is 8.86. The number of hydrogen-bond acceptors (Lipinski definition) is 7. The van der Waals surface area contributed by atoms with Gasteiger partial charge in [0.1, 0.15) is 5.69 Å². The topological polar surface area (TPSA) is 118 Å². The third kappa shape index (κ3) is 4.49. The highest BCUT2D eigenvalue weighted by Gasteiger charge is 2.18. The number of aryl methyl sites for hydroxylation is 1. The molecule has 156 valence electrons. The summed E-state index contributed by atoms with van der Waals surface area (Å²) in [5.41, 5.74) is 0.711. The lowest BCUT2D eigenvalue weighted by atomic mass is 10.2. The zero-order valence-corrected chi connectivity index (χ0v) is 16.6. The van der Waals surface area contributed by atoms with Crippen molar-refractivity contribution in [3.63, 3.8) is 0 Å². The van der Waals surface area contributed by atoms with Gasteiger partial charge >= 0.3 is 0 Å². The lowest BCUT2D eigenvalue weighted by Crippen LogP contribution is -2.15. The van der Waals surface area contributed by atoms with Gasteiger partial charge in [-0.15, -0.1) is 0 Å². The fraction of sp³-hybridized carbons (Fsp3) is 0.200. The number of nitro benzene ring substituents is 1. The van der Waals surface area contributed by atoms with Gasteiger partial charge in [0.2, 0.25) is 5.75 Å². The van der Waals surface area contributed by atoms with Gasteiger partial charge in [-0.05, 0) is 36.8 Å². The normalized spacial score (nSPS) is 10.4. The molecule has 0 aliphatic carbocycles. The highest BCUT2D eigenvalue weighted by atomic mass is 16.6. The molecule has 3 aromatic rings. The van der Waals surface area contributed by atoms with Crippen molar-refractivity contribution in [2.45, 2.75) is 13.7 Å². The van der Waals surface area contributed by atoms with Gasteiger partial charge in [-0.2, -0.15) is 5.10 Å². The summed E-state index contributed by atoms with van der Waals surface area (Å²) in [6.45, 7) is 1.73. The van der Waals surface area contributed by atoms with Crippen LogP contribution >= 0.6 is 0 Å². The Kier molecular flexibility index (Phi) is 6.16. The van der Waals surface area contributed by atoms with E-state index in [1.54, 1.807) is 37.4 Å². The van der Waals surface area contributed by atoms with Crippen molar-refractivity contribution < 1.29 is 23.9 Å². The second-order valence-corrected chi connectivity index (χ2v) is 6.24. The second kappa shape index (κ2) is 8.95. The van der Waals surface area contributed by atoms with Crippen LogP contribution in [0.1, 0.15) is 16.1 Å². The predicted octanol–water partition coefficient (Wildman–Crippen LogP) is 3.41. The fourth-order valence-electron chi connectivity index (χ4n) is 2.73. The molecule has 0 saturated carbocycles. The van der Waals surface area contributed by atoms with E-state index in [2.05, 4.69) is 10.4 Å². The maximum absolute atomic E-state index is 12.5. The first-order chi connectivity index (χ1) is 14.4. The SMILES string of the molecule is COc1cccc(OC)c1OCn1ccc(C(=O)Nc2ccc(C)cc2[N+](=O)[O-])n1. The summed E-state index contributed by atoms with van der Waals surface area (Å²) in [6.07, 6.45) is 1.56. The molecule has 1 heterocycles. The third-order valence-corrected chi connectivity index (χ3v) is 4.20. The molecule has 0 unspecified atom stereocenters. The van der Waals surface area contributed by atoms with E-state index in [4.69, 9.17) is 14.2 Å². The van der Waals surface area contributed by atoms with Gasteiger partial charge in [0.25, 0.3) is 11.6 Å². The number of rotatable bonds is 8. The summed E-state index contributed by atoms with van der Waals surface area (Å²) >= 11 is 0. The minimum Gasteiger partial charge on any atom is -0.493 e. The van der Waals surface area contributed by atoms with Crippen LogP contribution in [-0.2, 0) is 6.73 Å². The molecule has 0 spiro atoms. The van der Waals surface area contributed by atoms with Gasteiger partial charge in [-0.25, -0.2) is 4.68 Å². The van der Waals surface area contributed by atoms with Crippen molar-refractivity contribution in [2.24, 2.45) is 0 Å². The minimum atomic E-state index is -0.574. The van der Waals surface area contributed by atoms with Gasteiger partial charge in [0.15, 0.2) is 23.9 Å². The fourth-order valence-corrected chi connectivity index (χ4v) is 2.73. The largest absolute Gasteiger partial charge is 0.493 e. The maximum atomic E-state index is 12.5. The van der Waals surface area contributed by atoms with Crippen molar-refractivity contribution in [3.05, 3.63) is 70.0 Å². The average molecular weight is 412 g/mol. The van der Waals surface area contributed by atoms with Crippen molar-refractivity contribution >= 4 is 17.3 Å². The monoisotopic (exact) mass is 412 g/mol. The predicted molar refractivity (Wildman–Crippen MR) is 108 cm³/mol. The molecule has 1 aromatic heterocycles. The smallest absolute Gasteiger partial charge is 0.293 e. The first kappa shape index (κ1) is 20.6. The van der Waals surface area contributed by atoms with Crippen molar-refractivity contribution in [2.75, 3.05) is 19.5 Å². The Morgan fingerprint density at radius 2 is 1.87 bits per heavy atom. The molecule has 0 aliphatic rings. The third-order valence-electron chi connectivity index (χ3n) is 4.20. The maximum Gasteiger partial charge on any atom is 0.293 e. The number of nitrogens with one attached hydrogen (secondary N) is 1. The summed E-state index contributed by atoms with van der Waals surface area (Å²) in [5, 5.41) is 17.9. The molecule has 0 atom stereocenters. The summed E-state index contributed by atoms with van der Waals surface area (Å²) in [5.74, 6) is 0.812. The van der Waals surface area contributed by atoms with Crippen LogP contribution in [-0.4, -0.2) is 34.8 Å². The Bertz CT molecular complexity index is 1060. The zero-order chi connectivity index (χ0) is 21.7. The van der Waals surface area contributed by atoms with Gasteiger partial charge in [-0.1, -0.05) is 12.1 Å². The Balaban J connectivity index is 1.72. The van der Waals surface area contributed by atoms with Crippen LogP contribution < -0.4 is 19.5 Å². The molecule has 2 aromatic carbocycles. The number of anilines is 1. The van der Waals surface area contributed by atoms with Gasteiger partial charge in [-0.3, -0.25) is 14.9 Å². The van der Waals surface area contributed by atoms with Crippen molar-refractivity contribution in [1.82, 2.24) is 9.78 Å². The number of carbonyl (C=O) groups is 1. The number of hydrogen-bond donors (Lipinski definition) is 1. The number of nitro groups is 1. The Morgan fingerprint density at radius 3 is 2.50 bits per heavy atom. The van der Waals surface area contributed by atoms with E-state index in [9.17, 15) is 14.9 Å². The molecule has 1 N–H and O–H groups in total. The first-order valence-electron chi connectivity index (χ1n) is 8.86. The molecule has 10 nitrogen and oxygen atoms in total. The molecule has 0 bridgehead atoms. The average Bonchev–Trinajstić information content (AvgIpc) is 3.22. The van der Waals surface area contributed by atoms with E-state index in [1.165, 1.54) is 37.1 Å². The number of benzene rings is 2. The molecule has 1 amide bonds. The Labute approximate surface area is 172 Å². The van der Waals surface area contributed by atoms with Crippen molar-refractivity contribution in [1.29, 1.82) is 0 Å². The highest BCUT2D eigenvalue weighted by Crippen LogP contribution is 2.36. The molecule has 0 fully saturated rings. The number of amides is 1. The van der Waals surface area contributed by atoms with Crippen LogP contribution in [0, 0.1) is 17.0 Å². The Morgan fingerprint density at radius 1 is 1.17 bits per heavy atom. The molecular weight excluding hydrogens is 392 g/mol. The van der Waals surface area contributed by atoms with Gasteiger partial charge in [0.05, 0.1) is 19.1 Å². The molecule has 0 aliphatic heterocycles. The van der Waals surface area contributed by atoms with Crippen molar-refractivity contribution in [3.8, 4) is 17.2 Å². The number of carbonyl (C=O) groups excluding carboxylic acids is 1. The van der Waals surface area contributed by atoms with E-state index in [0.29, 0.717) is 22.8 Å². The highest BCUT2D eigenvalue weighted by molar-refractivity contribution is 6.04. The number of aromatic nitrogens is 2. The Hall–Kier alpha value is -4.08. The summed E-state index contributed by atoms with van der Waals surface area (Å²) in [6, 6.07) is 11.3. The van der Waals surface area contributed by atoms with E-state index in [1.807, 2.05) is 0 Å². The molecular formula is C20H20N4O6. The van der Waals surface area contributed by atoms with Crippen LogP contribution in [0.3, 0.4) is 0 Å². The standard InChI is InChI=1S/C20H20N4O6/c1-13-7-8-14(16(11-13)24(26)27)21-20(25)15-9-10-23(22-15)12-30-19-17(28-2)5-4-6-18(19)29-3/h4-11H,12H2,1-3H3,(H,21,25). The lowest BCUT2D eigenvalue weighted by Gasteiger charge is -2.13. The zero-order valence-electron chi connectivity index (χ0n) is 16.6. The van der Waals surface area contributed by atoms with E-state index >= 15 is 0 Å². The molecule has 30 heavy (non-hydrogen) atoms. The van der Waals surface area contributed by atoms with Gasteiger partial charge < -0.3 is 19.5 Å². The second-order valence-electron chi connectivity index (χ2n) is 6.24. The van der Waals surface area contributed by atoms with Gasteiger partial charge in [0, 0.05) is 12.3 Å². The number of nitrogens with zero attached hydrogens (tertiary/aromatic N) is 3. The van der Waals surface area contributed by atoms with Crippen LogP contribution in [0.4, 0.5) is 11.4 Å². The van der Waals surface area contributed by atoms with Crippen LogP contribution in [0.2, 0.25) is 0 Å². The lowest BCUT2D eigenvalue weighted by molar-refractivity contribution is -0.384. The summed E-state index contributed by atoms with van der Waals surface area (Å²) in [7, 11) is 3.03. The number of para-hydroxylation sites is 1. The number of methoxy groups -OCH3 is 2. The molecule has 0 saturated heterocycles. The quantitative estimate of drug-likeness (QED) is 0.445. The number of ether oxygens (including phenoxy) is 3. The summed E-state index contributed by atoms with van der Waals surface area (Å²) in [4.78, 5) is 23.1. The van der Waals surface area contributed by atoms with Crippen LogP contribution in [0.25, 0.3) is 0 Å². The van der Waals surface area contributed by atoms with Crippen LogP contribution in [0.15, 0.2) is 48.7 Å².